The lowest BCUT2D eigenvalue weighted by atomic mass is 10.1. The summed E-state index contributed by atoms with van der Waals surface area (Å²) in [7, 11) is -3.93. The summed E-state index contributed by atoms with van der Waals surface area (Å²) in [5, 5.41) is 9.47. The van der Waals surface area contributed by atoms with Gasteiger partial charge in [-0.15, -0.1) is 0 Å². The third-order valence-corrected chi connectivity index (χ3v) is 6.10. The third-order valence-electron chi connectivity index (χ3n) is 4.01. The number of sulfonamides is 1. The normalized spacial score (nSPS) is 11.3. The molecule has 0 saturated carbocycles. The number of anilines is 1. The molecule has 152 valence electrons. The number of halogens is 2. The van der Waals surface area contributed by atoms with Crippen molar-refractivity contribution in [3.63, 3.8) is 0 Å². The van der Waals surface area contributed by atoms with E-state index in [1.54, 1.807) is 4.90 Å². The van der Waals surface area contributed by atoms with Crippen molar-refractivity contribution >= 4 is 44.8 Å². The fourth-order valence-corrected chi connectivity index (χ4v) is 4.36. The highest BCUT2D eigenvalue weighted by atomic mass is 35.5. The van der Waals surface area contributed by atoms with E-state index in [-0.39, 0.29) is 39.7 Å². The zero-order valence-corrected chi connectivity index (χ0v) is 17.7. The quantitative estimate of drug-likeness (QED) is 0.610. The predicted octanol–water partition coefficient (Wildman–Crippen LogP) is 4.03. The van der Waals surface area contributed by atoms with Gasteiger partial charge in [-0.2, -0.15) is 0 Å². The van der Waals surface area contributed by atoms with Gasteiger partial charge in [-0.25, -0.2) is 8.42 Å². The Morgan fingerprint density at radius 3 is 2.39 bits per heavy atom. The van der Waals surface area contributed by atoms with Crippen LogP contribution in [0.5, 0.6) is 0 Å². The standard InChI is InChI=1S/C19H22Cl2N2O4S/c1-2-3-10-23(11-12-24)19(25)14-4-7-16(8-5-14)22-28(26,27)18-13-15(20)6-9-17(18)21/h4-9,13,22,24H,2-3,10-12H2,1H3. The molecule has 0 aromatic heterocycles. The Morgan fingerprint density at radius 1 is 1.11 bits per heavy atom. The van der Waals surface area contributed by atoms with Crippen molar-refractivity contribution in [3.8, 4) is 0 Å². The Kier molecular flexibility index (Phi) is 8.12. The molecule has 9 heteroatoms. The van der Waals surface area contributed by atoms with Crippen molar-refractivity contribution in [3.05, 3.63) is 58.1 Å². The maximum absolute atomic E-state index is 12.6. The summed E-state index contributed by atoms with van der Waals surface area (Å²) in [4.78, 5) is 14.0. The number of amides is 1. The van der Waals surface area contributed by atoms with E-state index in [0.717, 1.165) is 12.8 Å². The van der Waals surface area contributed by atoms with Crippen molar-refractivity contribution in [2.75, 3.05) is 24.4 Å². The lowest BCUT2D eigenvalue weighted by Crippen LogP contribution is -2.34. The molecule has 6 nitrogen and oxygen atoms in total. The first-order valence-electron chi connectivity index (χ1n) is 8.76. The second-order valence-corrected chi connectivity index (χ2v) is 8.62. The zero-order valence-electron chi connectivity index (χ0n) is 15.4. The molecule has 2 rings (SSSR count). The van der Waals surface area contributed by atoms with Gasteiger partial charge >= 0.3 is 0 Å². The first-order valence-corrected chi connectivity index (χ1v) is 11.0. The van der Waals surface area contributed by atoms with Crippen LogP contribution in [0.3, 0.4) is 0 Å². The maximum Gasteiger partial charge on any atom is 0.263 e. The van der Waals surface area contributed by atoms with Crippen LogP contribution in [0.2, 0.25) is 10.0 Å². The number of hydrogen-bond acceptors (Lipinski definition) is 4. The van der Waals surface area contributed by atoms with Gasteiger partial charge in [0.2, 0.25) is 0 Å². The number of benzene rings is 2. The second kappa shape index (κ2) is 10.1. The molecule has 0 heterocycles. The minimum Gasteiger partial charge on any atom is -0.395 e. The number of rotatable bonds is 9. The van der Waals surface area contributed by atoms with Gasteiger partial charge in [-0.3, -0.25) is 9.52 Å². The predicted molar refractivity (Wildman–Crippen MR) is 112 cm³/mol. The Bertz CT molecular complexity index is 918. The fourth-order valence-electron chi connectivity index (χ4n) is 2.54. The molecule has 0 saturated heterocycles. The first-order chi connectivity index (χ1) is 13.3. The minimum atomic E-state index is -3.93. The number of carbonyl (C=O) groups is 1. The van der Waals surface area contributed by atoms with Crippen LogP contribution in [0.15, 0.2) is 47.4 Å². The fraction of sp³-hybridized carbons (Fsp3) is 0.316. The van der Waals surface area contributed by atoms with E-state index in [1.807, 2.05) is 6.92 Å². The molecule has 0 spiro atoms. The molecule has 0 aliphatic rings. The summed E-state index contributed by atoms with van der Waals surface area (Å²) >= 11 is 11.8. The van der Waals surface area contributed by atoms with Crippen molar-refractivity contribution in [1.82, 2.24) is 4.90 Å². The van der Waals surface area contributed by atoms with E-state index in [4.69, 9.17) is 28.3 Å². The van der Waals surface area contributed by atoms with Crippen LogP contribution in [-0.2, 0) is 10.0 Å². The summed E-state index contributed by atoms with van der Waals surface area (Å²) in [5.74, 6) is -0.213. The number of aliphatic hydroxyl groups excluding tert-OH is 1. The number of aliphatic hydroxyl groups is 1. The average Bonchev–Trinajstić information content (AvgIpc) is 2.66. The largest absolute Gasteiger partial charge is 0.395 e. The van der Waals surface area contributed by atoms with Gasteiger partial charge in [0.05, 0.1) is 11.6 Å². The Morgan fingerprint density at radius 2 is 1.79 bits per heavy atom. The smallest absolute Gasteiger partial charge is 0.263 e. The van der Waals surface area contributed by atoms with Crippen molar-refractivity contribution in [2.45, 2.75) is 24.7 Å². The van der Waals surface area contributed by atoms with Gasteiger partial charge < -0.3 is 10.0 Å². The summed E-state index contributed by atoms with van der Waals surface area (Å²) in [6.07, 6.45) is 1.77. The molecule has 0 fully saturated rings. The Hall–Kier alpha value is -1.80. The number of unbranched alkanes of at least 4 members (excludes halogenated alkanes) is 1. The zero-order chi connectivity index (χ0) is 20.7. The summed E-state index contributed by atoms with van der Waals surface area (Å²) in [6.45, 7) is 2.71. The Labute approximate surface area is 175 Å². The topological polar surface area (TPSA) is 86.7 Å². The van der Waals surface area contributed by atoms with Gasteiger partial charge in [0.25, 0.3) is 15.9 Å². The van der Waals surface area contributed by atoms with Crippen LogP contribution in [-0.4, -0.2) is 44.0 Å². The van der Waals surface area contributed by atoms with E-state index in [9.17, 15) is 13.2 Å². The first kappa shape index (κ1) is 22.5. The van der Waals surface area contributed by atoms with E-state index in [0.29, 0.717) is 12.1 Å². The molecule has 0 atom stereocenters. The lowest BCUT2D eigenvalue weighted by Gasteiger charge is -2.21. The van der Waals surface area contributed by atoms with Crippen LogP contribution < -0.4 is 4.72 Å². The van der Waals surface area contributed by atoms with E-state index >= 15 is 0 Å². The van der Waals surface area contributed by atoms with E-state index < -0.39 is 10.0 Å². The molecule has 0 radical (unpaired) electrons. The highest BCUT2D eigenvalue weighted by Gasteiger charge is 2.19. The molecule has 0 aliphatic carbocycles. The number of hydrogen-bond donors (Lipinski definition) is 2. The average molecular weight is 445 g/mol. The van der Waals surface area contributed by atoms with E-state index in [2.05, 4.69) is 4.72 Å². The molecule has 0 bridgehead atoms. The highest BCUT2D eigenvalue weighted by molar-refractivity contribution is 7.92. The molecular weight excluding hydrogens is 423 g/mol. The third kappa shape index (κ3) is 5.85. The van der Waals surface area contributed by atoms with Crippen molar-refractivity contribution < 1.29 is 18.3 Å². The number of nitrogens with zero attached hydrogens (tertiary/aromatic N) is 1. The molecule has 2 N–H and O–H groups in total. The van der Waals surface area contributed by atoms with Crippen molar-refractivity contribution in [1.29, 1.82) is 0 Å². The molecule has 28 heavy (non-hydrogen) atoms. The Balaban J connectivity index is 2.17. The van der Waals surface area contributed by atoms with Crippen LogP contribution in [0, 0.1) is 0 Å². The second-order valence-electron chi connectivity index (χ2n) is 6.13. The van der Waals surface area contributed by atoms with Crippen LogP contribution in [0.25, 0.3) is 0 Å². The van der Waals surface area contributed by atoms with E-state index in [1.165, 1.54) is 42.5 Å². The van der Waals surface area contributed by atoms with Gasteiger partial charge in [0, 0.05) is 29.4 Å². The minimum absolute atomic E-state index is 0.0549. The highest BCUT2D eigenvalue weighted by Crippen LogP contribution is 2.27. The van der Waals surface area contributed by atoms with Gasteiger partial charge in [-0.1, -0.05) is 36.5 Å². The van der Waals surface area contributed by atoms with Crippen molar-refractivity contribution in [2.24, 2.45) is 0 Å². The summed E-state index contributed by atoms with van der Waals surface area (Å²) in [5.41, 5.74) is 0.697. The SMILES string of the molecule is CCCCN(CCO)C(=O)c1ccc(NS(=O)(=O)c2cc(Cl)ccc2Cl)cc1. The van der Waals surface area contributed by atoms with Gasteiger partial charge in [-0.05, 0) is 48.9 Å². The number of nitrogens with one attached hydrogen (secondary N) is 1. The number of carbonyl (C=O) groups excluding carboxylic acids is 1. The van der Waals surface area contributed by atoms with Crippen LogP contribution >= 0.6 is 23.2 Å². The van der Waals surface area contributed by atoms with Gasteiger partial charge in [0.1, 0.15) is 4.90 Å². The van der Waals surface area contributed by atoms with Crippen LogP contribution in [0.4, 0.5) is 5.69 Å². The molecule has 1 amide bonds. The van der Waals surface area contributed by atoms with Crippen LogP contribution in [0.1, 0.15) is 30.1 Å². The lowest BCUT2D eigenvalue weighted by molar-refractivity contribution is 0.0719. The maximum atomic E-state index is 12.6. The van der Waals surface area contributed by atoms with Gasteiger partial charge in [0.15, 0.2) is 0 Å². The molecule has 2 aromatic carbocycles. The molecule has 0 unspecified atom stereocenters. The summed E-state index contributed by atoms with van der Waals surface area (Å²) in [6, 6.07) is 10.3. The summed E-state index contributed by atoms with van der Waals surface area (Å²) < 4.78 is 27.5. The monoisotopic (exact) mass is 444 g/mol. The molecule has 2 aromatic rings. The molecule has 0 aliphatic heterocycles. The molecular formula is C19H22Cl2N2O4S.